The number of carbonyl (C=O) groups is 2. The molecule has 6 heteroatoms. The summed E-state index contributed by atoms with van der Waals surface area (Å²) >= 11 is 3.95. The van der Waals surface area contributed by atoms with Crippen molar-refractivity contribution in [1.29, 1.82) is 0 Å². The first kappa shape index (κ1) is 19.4. The molecular weight excluding hydrogens is 388 g/mol. The number of nitrogens with one attached hydrogen (secondary N) is 1. The molecule has 0 atom stereocenters. The third-order valence-electron chi connectivity index (χ3n) is 5.01. The van der Waals surface area contributed by atoms with Gasteiger partial charge in [0.2, 0.25) is 5.91 Å². The van der Waals surface area contributed by atoms with E-state index in [2.05, 4.69) is 17.4 Å². The molecule has 2 aliphatic heterocycles. The minimum atomic E-state index is -0.127. The maximum atomic E-state index is 12.7. The number of amides is 2. The third-order valence-corrected chi connectivity index (χ3v) is 8.02. The van der Waals surface area contributed by atoms with Gasteiger partial charge in [0.15, 0.2) is 0 Å². The molecule has 0 aromatic heterocycles. The van der Waals surface area contributed by atoms with E-state index in [-0.39, 0.29) is 11.8 Å². The molecular formula is C22H24N2O2S2. The number of hydrogen-bond donors (Lipinski definition) is 1. The van der Waals surface area contributed by atoms with Crippen molar-refractivity contribution in [1.82, 2.24) is 0 Å². The van der Waals surface area contributed by atoms with Gasteiger partial charge in [-0.05, 0) is 72.7 Å². The normalized spacial score (nSPS) is 18.1. The van der Waals surface area contributed by atoms with Crippen LogP contribution < -0.4 is 10.2 Å². The molecule has 2 amide bonds. The Bertz CT molecular complexity index is 848. The van der Waals surface area contributed by atoms with E-state index >= 15 is 0 Å². The number of thioether (sulfide) groups is 2. The van der Waals surface area contributed by atoms with E-state index in [4.69, 9.17) is 0 Å². The Hall–Kier alpha value is -1.92. The fourth-order valence-electron chi connectivity index (χ4n) is 3.52. The van der Waals surface area contributed by atoms with Crippen molar-refractivity contribution in [3.8, 4) is 0 Å². The van der Waals surface area contributed by atoms with E-state index in [0.29, 0.717) is 16.6 Å². The van der Waals surface area contributed by atoms with Crippen LogP contribution in [-0.4, -0.2) is 29.9 Å². The van der Waals surface area contributed by atoms with Gasteiger partial charge in [-0.2, -0.15) is 0 Å². The second-order valence-electron chi connectivity index (χ2n) is 7.06. The van der Waals surface area contributed by atoms with Crippen LogP contribution in [0.25, 0.3) is 0 Å². The number of rotatable bonds is 4. The summed E-state index contributed by atoms with van der Waals surface area (Å²) in [6.45, 7) is 0.758. The molecule has 2 fully saturated rings. The molecule has 0 spiro atoms. The zero-order valence-corrected chi connectivity index (χ0v) is 17.4. The van der Waals surface area contributed by atoms with Crippen LogP contribution in [0.4, 0.5) is 11.4 Å². The maximum Gasteiger partial charge on any atom is 0.255 e. The molecule has 0 saturated carbocycles. The second-order valence-corrected chi connectivity index (χ2v) is 9.78. The smallest absolute Gasteiger partial charge is 0.255 e. The Morgan fingerprint density at radius 1 is 1.00 bits per heavy atom. The summed E-state index contributed by atoms with van der Waals surface area (Å²) in [6, 6.07) is 15.5. The van der Waals surface area contributed by atoms with Gasteiger partial charge in [-0.25, -0.2) is 0 Å². The zero-order chi connectivity index (χ0) is 19.3. The van der Waals surface area contributed by atoms with Gasteiger partial charge in [0.25, 0.3) is 5.91 Å². The zero-order valence-electron chi connectivity index (χ0n) is 15.7. The minimum absolute atomic E-state index is 0.127. The van der Waals surface area contributed by atoms with E-state index in [0.717, 1.165) is 30.8 Å². The molecule has 2 saturated heterocycles. The summed E-state index contributed by atoms with van der Waals surface area (Å²) in [5.41, 5.74) is 3.55. The van der Waals surface area contributed by atoms with Crippen LogP contribution in [0, 0.1) is 0 Å². The van der Waals surface area contributed by atoms with Crippen LogP contribution in [0.15, 0.2) is 48.5 Å². The predicted octanol–water partition coefficient (Wildman–Crippen LogP) is 5.32. The third kappa shape index (κ3) is 4.55. The molecule has 2 aromatic carbocycles. The summed E-state index contributed by atoms with van der Waals surface area (Å²) in [6.07, 6.45) is 3.87. The molecule has 1 N–H and O–H groups in total. The fourth-order valence-corrected chi connectivity index (χ4v) is 6.39. The summed E-state index contributed by atoms with van der Waals surface area (Å²) in [7, 11) is 0. The molecule has 4 rings (SSSR count). The SMILES string of the molecule is O=C(Nc1cccc(C2SCCCS2)c1)c1ccc(N2CCCCC2=O)cc1. The van der Waals surface area contributed by atoms with Gasteiger partial charge in [0.05, 0.1) is 4.58 Å². The lowest BCUT2D eigenvalue weighted by atomic mass is 10.1. The first-order chi connectivity index (χ1) is 13.7. The van der Waals surface area contributed by atoms with Crippen LogP contribution in [-0.2, 0) is 4.79 Å². The number of nitrogens with zero attached hydrogens (tertiary/aromatic N) is 1. The summed E-state index contributed by atoms with van der Waals surface area (Å²) in [4.78, 5) is 26.5. The van der Waals surface area contributed by atoms with E-state index in [1.807, 2.05) is 52.7 Å². The highest BCUT2D eigenvalue weighted by Crippen LogP contribution is 2.44. The standard InChI is InChI=1S/C22H24N2O2S2/c25-20-7-1-2-12-24(20)19-10-8-16(9-11-19)21(26)23-18-6-3-5-17(15-18)22-27-13-4-14-28-22/h3,5-6,8-11,15,22H,1-2,4,7,12-14H2,(H,23,26). The van der Waals surface area contributed by atoms with Gasteiger partial charge < -0.3 is 10.2 Å². The van der Waals surface area contributed by atoms with Crippen molar-refractivity contribution in [2.45, 2.75) is 30.3 Å². The number of piperidine rings is 1. The summed E-state index contributed by atoms with van der Waals surface area (Å²) in [5, 5.41) is 3.01. The first-order valence-corrected chi connectivity index (χ1v) is 11.9. The number of carbonyl (C=O) groups excluding carboxylic acids is 2. The van der Waals surface area contributed by atoms with Crippen molar-refractivity contribution in [3.63, 3.8) is 0 Å². The highest BCUT2D eigenvalue weighted by Gasteiger charge is 2.20. The first-order valence-electron chi connectivity index (χ1n) is 9.76. The van der Waals surface area contributed by atoms with Crippen molar-refractivity contribution in [3.05, 3.63) is 59.7 Å². The van der Waals surface area contributed by atoms with Gasteiger partial charge in [0.1, 0.15) is 0 Å². The highest BCUT2D eigenvalue weighted by molar-refractivity contribution is 8.16. The lowest BCUT2D eigenvalue weighted by Crippen LogP contribution is -2.35. The predicted molar refractivity (Wildman–Crippen MR) is 119 cm³/mol. The van der Waals surface area contributed by atoms with Gasteiger partial charge in [-0.3, -0.25) is 9.59 Å². The molecule has 2 heterocycles. The highest BCUT2D eigenvalue weighted by atomic mass is 32.2. The van der Waals surface area contributed by atoms with Crippen molar-refractivity contribution >= 4 is 46.7 Å². The lowest BCUT2D eigenvalue weighted by molar-refractivity contribution is -0.119. The van der Waals surface area contributed by atoms with Crippen LogP contribution >= 0.6 is 23.5 Å². The Morgan fingerprint density at radius 3 is 2.54 bits per heavy atom. The van der Waals surface area contributed by atoms with Gasteiger partial charge in [-0.15, -0.1) is 23.5 Å². The molecule has 2 aliphatic rings. The molecule has 0 radical (unpaired) electrons. The lowest BCUT2D eigenvalue weighted by Gasteiger charge is -2.26. The number of benzene rings is 2. The van der Waals surface area contributed by atoms with Gasteiger partial charge in [-0.1, -0.05) is 12.1 Å². The van der Waals surface area contributed by atoms with Crippen molar-refractivity contribution in [2.75, 3.05) is 28.3 Å². The Labute approximate surface area is 174 Å². The largest absolute Gasteiger partial charge is 0.322 e. The van der Waals surface area contributed by atoms with Crippen molar-refractivity contribution < 1.29 is 9.59 Å². The molecule has 0 unspecified atom stereocenters. The fraction of sp³-hybridized carbons (Fsp3) is 0.364. The molecule has 0 aliphatic carbocycles. The molecule has 2 aromatic rings. The topological polar surface area (TPSA) is 49.4 Å². The number of anilines is 2. The van der Waals surface area contributed by atoms with Crippen LogP contribution in [0.5, 0.6) is 0 Å². The second kappa shape index (κ2) is 9.05. The molecule has 146 valence electrons. The average Bonchev–Trinajstić information content (AvgIpc) is 2.75. The van der Waals surface area contributed by atoms with Gasteiger partial charge in [0, 0.05) is 29.9 Å². The molecule has 4 nitrogen and oxygen atoms in total. The quantitative estimate of drug-likeness (QED) is 0.738. The molecule has 28 heavy (non-hydrogen) atoms. The monoisotopic (exact) mass is 412 g/mol. The van der Waals surface area contributed by atoms with E-state index in [9.17, 15) is 9.59 Å². The number of hydrogen-bond acceptors (Lipinski definition) is 4. The minimum Gasteiger partial charge on any atom is -0.322 e. The average molecular weight is 413 g/mol. The Morgan fingerprint density at radius 2 is 1.79 bits per heavy atom. The van der Waals surface area contributed by atoms with E-state index < -0.39 is 0 Å². The van der Waals surface area contributed by atoms with E-state index in [1.54, 1.807) is 12.1 Å². The summed E-state index contributed by atoms with van der Waals surface area (Å²) < 4.78 is 0.451. The van der Waals surface area contributed by atoms with E-state index in [1.165, 1.54) is 23.5 Å². The Balaban J connectivity index is 1.43. The summed E-state index contributed by atoms with van der Waals surface area (Å²) in [5.74, 6) is 2.43. The maximum absolute atomic E-state index is 12.7. The Kier molecular flexibility index (Phi) is 6.27. The van der Waals surface area contributed by atoms with Gasteiger partial charge >= 0.3 is 0 Å². The van der Waals surface area contributed by atoms with Crippen molar-refractivity contribution in [2.24, 2.45) is 0 Å². The van der Waals surface area contributed by atoms with Crippen LogP contribution in [0.1, 0.15) is 46.2 Å². The van der Waals surface area contributed by atoms with Crippen LogP contribution in [0.3, 0.4) is 0 Å². The van der Waals surface area contributed by atoms with Crippen LogP contribution in [0.2, 0.25) is 0 Å². The molecule has 0 bridgehead atoms.